The predicted octanol–water partition coefficient (Wildman–Crippen LogP) is 6.08. The molecule has 2 atom stereocenters. The number of aromatic nitrogens is 1. The van der Waals surface area contributed by atoms with Gasteiger partial charge in [0.15, 0.2) is 0 Å². The van der Waals surface area contributed by atoms with Crippen molar-refractivity contribution in [3.05, 3.63) is 88.8 Å². The summed E-state index contributed by atoms with van der Waals surface area (Å²) in [6, 6.07) is 8.49. The number of rotatable bonds is 7. The van der Waals surface area contributed by atoms with Crippen LogP contribution in [0.1, 0.15) is 42.9 Å². The Labute approximate surface area is 246 Å². The molecule has 1 aliphatic heterocycles. The number of nitrogens with one attached hydrogen (secondary N) is 1. The van der Waals surface area contributed by atoms with Gasteiger partial charge in [-0.25, -0.2) is 18.2 Å². The van der Waals surface area contributed by atoms with Gasteiger partial charge in [-0.3, -0.25) is 24.2 Å². The Hall–Kier alpha value is -4.13. The number of halogens is 7. The van der Waals surface area contributed by atoms with Gasteiger partial charge in [-0.1, -0.05) is 35.9 Å². The highest BCUT2D eigenvalue weighted by Gasteiger charge is 2.48. The van der Waals surface area contributed by atoms with Crippen molar-refractivity contribution in [1.82, 2.24) is 10.3 Å². The molecule has 2 heterocycles. The molecular formula is C29H23ClF6N4O3. The molecule has 14 heteroatoms. The Morgan fingerprint density at radius 3 is 2.40 bits per heavy atom. The van der Waals surface area contributed by atoms with Gasteiger partial charge in [0, 0.05) is 47.8 Å². The van der Waals surface area contributed by atoms with Gasteiger partial charge in [0.25, 0.3) is 11.8 Å². The largest absolute Gasteiger partial charge is 0.417 e. The number of pyridine rings is 1. The van der Waals surface area contributed by atoms with E-state index in [0.29, 0.717) is 12.3 Å². The molecular weight excluding hydrogens is 602 g/mol. The lowest BCUT2D eigenvalue weighted by molar-refractivity contribution is -0.138. The highest BCUT2D eigenvalue weighted by molar-refractivity contribution is 6.31. The lowest BCUT2D eigenvalue weighted by atomic mass is 9.87. The second kappa shape index (κ2) is 11.5. The smallest absolute Gasteiger partial charge is 0.351 e. The molecule has 43 heavy (non-hydrogen) atoms. The van der Waals surface area contributed by atoms with Gasteiger partial charge in [0.05, 0.1) is 5.56 Å². The van der Waals surface area contributed by atoms with E-state index in [0.717, 1.165) is 28.0 Å². The Balaban J connectivity index is 1.58. The summed E-state index contributed by atoms with van der Waals surface area (Å²) in [5, 5.41) is 2.56. The van der Waals surface area contributed by atoms with Crippen LogP contribution in [0.25, 0.3) is 0 Å². The van der Waals surface area contributed by atoms with Crippen molar-refractivity contribution in [3.63, 3.8) is 0 Å². The van der Waals surface area contributed by atoms with Crippen LogP contribution in [0.2, 0.25) is 5.02 Å². The second-order valence-corrected chi connectivity index (χ2v) is 10.7. The van der Waals surface area contributed by atoms with Crippen LogP contribution in [0, 0.1) is 5.82 Å². The fourth-order valence-corrected chi connectivity index (χ4v) is 5.47. The summed E-state index contributed by atoms with van der Waals surface area (Å²) in [6.07, 6.45) is -5.67. The minimum absolute atomic E-state index is 0.0413. The van der Waals surface area contributed by atoms with E-state index in [1.807, 2.05) is 0 Å². The lowest BCUT2D eigenvalue weighted by Gasteiger charge is -2.39. The molecule has 0 bridgehead atoms. The third kappa shape index (κ3) is 6.31. The molecule has 3 aromatic rings. The maximum absolute atomic E-state index is 14.5. The number of amides is 3. The zero-order valence-electron chi connectivity index (χ0n) is 22.1. The molecule has 2 aliphatic rings. The summed E-state index contributed by atoms with van der Waals surface area (Å²) in [6.45, 7) is 0. The minimum atomic E-state index is -4.69. The van der Waals surface area contributed by atoms with Crippen LogP contribution in [0.4, 0.5) is 37.8 Å². The molecule has 1 saturated carbocycles. The first kappa shape index (κ1) is 30.3. The second-order valence-electron chi connectivity index (χ2n) is 10.3. The molecule has 3 amide bonds. The average molecular weight is 625 g/mol. The number of carbonyl (C=O) groups is 3. The third-order valence-corrected chi connectivity index (χ3v) is 7.63. The standard InChI is InChI=1S/C29H23ClF6N4O3/c30-21-7-2-1-6-20(21)25(26(42)38-18-13-28(32,33)14-18)39(19-5-3-4-17(31)12-19)27(43)22-9-11-24(41)40(22)23-10-8-16(15-37-23)29(34,35)36/h1-8,10,12,15,18,22,25H,9,11,13-14H2,(H,38,42)/t22-,25-/m0/s1. The maximum Gasteiger partial charge on any atom is 0.417 e. The first-order valence-electron chi connectivity index (χ1n) is 13.1. The van der Waals surface area contributed by atoms with Gasteiger partial charge in [0.1, 0.15) is 23.7 Å². The van der Waals surface area contributed by atoms with E-state index in [9.17, 15) is 40.7 Å². The molecule has 1 aromatic heterocycles. The quantitative estimate of drug-likeness (QED) is 0.323. The van der Waals surface area contributed by atoms with E-state index in [1.54, 1.807) is 6.07 Å². The monoisotopic (exact) mass is 624 g/mol. The summed E-state index contributed by atoms with van der Waals surface area (Å²) in [4.78, 5) is 46.7. The molecule has 1 aliphatic carbocycles. The maximum atomic E-state index is 14.5. The number of anilines is 2. The molecule has 0 radical (unpaired) electrons. The molecule has 2 aromatic carbocycles. The molecule has 1 saturated heterocycles. The van der Waals surface area contributed by atoms with Crippen molar-refractivity contribution in [1.29, 1.82) is 0 Å². The average Bonchev–Trinajstić information content (AvgIpc) is 3.31. The Morgan fingerprint density at radius 1 is 1.07 bits per heavy atom. The Kier molecular flexibility index (Phi) is 8.12. The van der Waals surface area contributed by atoms with Crippen molar-refractivity contribution in [2.75, 3.05) is 9.80 Å². The van der Waals surface area contributed by atoms with Crippen LogP contribution in [0.15, 0.2) is 66.9 Å². The predicted molar refractivity (Wildman–Crippen MR) is 144 cm³/mol. The highest BCUT2D eigenvalue weighted by atomic mass is 35.5. The van der Waals surface area contributed by atoms with Gasteiger partial charge < -0.3 is 5.32 Å². The summed E-state index contributed by atoms with van der Waals surface area (Å²) >= 11 is 6.44. The molecule has 7 nitrogen and oxygen atoms in total. The van der Waals surface area contributed by atoms with Gasteiger partial charge >= 0.3 is 6.18 Å². The van der Waals surface area contributed by atoms with Crippen molar-refractivity contribution in [3.8, 4) is 0 Å². The summed E-state index contributed by atoms with van der Waals surface area (Å²) < 4.78 is 81.0. The van der Waals surface area contributed by atoms with E-state index >= 15 is 0 Å². The minimum Gasteiger partial charge on any atom is -0.351 e. The number of carbonyl (C=O) groups excluding carboxylic acids is 3. The third-order valence-electron chi connectivity index (χ3n) is 7.29. The fourth-order valence-electron chi connectivity index (χ4n) is 5.23. The SMILES string of the molecule is O=C(NC1CC(F)(F)C1)[C@H](c1ccccc1Cl)N(C(=O)[C@@H]1CCC(=O)N1c1ccc(C(F)(F)F)cn1)c1cccc(F)c1. The van der Waals surface area contributed by atoms with Crippen molar-refractivity contribution < 1.29 is 40.7 Å². The van der Waals surface area contributed by atoms with Crippen LogP contribution in [0.5, 0.6) is 0 Å². The van der Waals surface area contributed by atoms with E-state index in [1.165, 1.54) is 30.3 Å². The molecule has 226 valence electrons. The molecule has 0 unspecified atom stereocenters. The van der Waals surface area contributed by atoms with Crippen LogP contribution in [-0.2, 0) is 20.6 Å². The first-order chi connectivity index (χ1) is 20.2. The number of benzene rings is 2. The zero-order valence-corrected chi connectivity index (χ0v) is 22.9. The normalized spacial score (nSPS) is 19.1. The lowest BCUT2D eigenvalue weighted by Crippen LogP contribution is -2.56. The van der Waals surface area contributed by atoms with Crippen LogP contribution in [-0.4, -0.2) is 40.7 Å². The van der Waals surface area contributed by atoms with Crippen LogP contribution >= 0.6 is 11.6 Å². The van der Waals surface area contributed by atoms with Gasteiger partial charge in [-0.2, -0.15) is 13.2 Å². The zero-order chi connectivity index (χ0) is 31.1. The van der Waals surface area contributed by atoms with Crippen LogP contribution < -0.4 is 15.1 Å². The van der Waals surface area contributed by atoms with Gasteiger partial charge in [0.2, 0.25) is 11.8 Å². The fraction of sp³-hybridized carbons (Fsp3) is 0.310. The van der Waals surface area contributed by atoms with E-state index in [2.05, 4.69) is 10.3 Å². The van der Waals surface area contributed by atoms with E-state index in [4.69, 9.17) is 11.6 Å². The molecule has 5 rings (SSSR count). The summed E-state index contributed by atoms with van der Waals surface area (Å²) in [5.41, 5.74) is -1.08. The van der Waals surface area contributed by atoms with Crippen molar-refractivity contribution in [2.45, 2.75) is 55.9 Å². The number of hydrogen-bond donors (Lipinski definition) is 1. The van der Waals surface area contributed by atoms with Gasteiger partial charge in [-0.15, -0.1) is 0 Å². The molecule has 2 fully saturated rings. The van der Waals surface area contributed by atoms with E-state index in [-0.39, 0.29) is 34.9 Å². The summed E-state index contributed by atoms with van der Waals surface area (Å²) in [7, 11) is 0. The molecule has 1 N–H and O–H groups in total. The Morgan fingerprint density at radius 2 is 1.79 bits per heavy atom. The van der Waals surface area contributed by atoms with Crippen molar-refractivity contribution >= 4 is 40.8 Å². The van der Waals surface area contributed by atoms with Gasteiger partial charge in [-0.05, 0) is 42.8 Å². The summed E-state index contributed by atoms with van der Waals surface area (Å²) in [5.74, 6) is -6.35. The first-order valence-corrected chi connectivity index (χ1v) is 13.5. The highest BCUT2D eigenvalue weighted by Crippen LogP contribution is 2.40. The number of nitrogens with zero attached hydrogens (tertiary/aromatic N) is 3. The number of alkyl halides is 5. The van der Waals surface area contributed by atoms with Crippen LogP contribution in [0.3, 0.4) is 0 Å². The van der Waals surface area contributed by atoms with E-state index < -0.39 is 72.2 Å². The topological polar surface area (TPSA) is 82.6 Å². The van der Waals surface area contributed by atoms with Crippen molar-refractivity contribution in [2.24, 2.45) is 0 Å². The molecule has 0 spiro atoms. The Bertz CT molecular complexity index is 1540. The number of hydrogen-bond acceptors (Lipinski definition) is 4.